The third kappa shape index (κ3) is 7.28. The number of fused-ring (bicyclic) bond motifs is 1. The molecule has 1 aliphatic carbocycles. The lowest BCUT2D eigenvalue weighted by Gasteiger charge is -2.47. The number of methoxy groups -OCH3 is 1. The number of rotatable bonds is 9. The summed E-state index contributed by atoms with van der Waals surface area (Å²) in [6.07, 6.45) is -10.6. The van der Waals surface area contributed by atoms with Crippen molar-refractivity contribution in [3.05, 3.63) is 11.8 Å². The van der Waals surface area contributed by atoms with Gasteiger partial charge in [0.2, 0.25) is 12.6 Å². The molecule has 2 heterocycles. The van der Waals surface area contributed by atoms with Crippen LogP contribution in [0.5, 0.6) is 0 Å². The number of ether oxygens (including phenoxy) is 9. The van der Waals surface area contributed by atoms with Crippen LogP contribution in [0, 0.1) is 5.92 Å². The molecule has 0 radical (unpaired) electrons. The highest BCUT2D eigenvalue weighted by Crippen LogP contribution is 2.53. The molecule has 1 saturated heterocycles. The summed E-state index contributed by atoms with van der Waals surface area (Å²) in [5.41, 5.74) is -4.78. The Hall–Kier alpha value is -3.80. The van der Waals surface area contributed by atoms with Crippen LogP contribution in [-0.2, 0) is 71.4 Å². The summed E-state index contributed by atoms with van der Waals surface area (Å²) in [4.78, 5) is 72.3. The van der Waals surface area contributed by atoms with Crippen LogP contribution in [0.1, 0.15) is 48.0 Å². The molecule has 0 unspecified atom stereocenters. The maximum absolute atomic E-state index is 12.6. The van der Waals surface area contributed by atoms with Crippen LogP contribution in [0.3, 0.4) is 0 Å². The van der Waals surface area contributed by atoms with Crippen LogP contribution in [0.4, 0.5) is 0 Å². The molecule has 0 aromatic rings. The van der Waals surface area contributed by atoms with E-state index in [2.05, 4.69) is 0 Å². The van der Waals surface area contributed by atoms with E-state index >= 15 is 0 Å². The van der Waals surface area contributed by atoms with Gasteiger partial charge < -0.3 is 52.8 Å². The first-order valence-electron chi connectivity index (χ1n) is 13.4. The molecule has 0 amide bonds. The molecule has 0 spiro atoms. The first-order chi connectivity index (χ1) is 20.4. The van der Waals surface area contributed by atoms with Crippen LogP contribution >= 0.6 is 0 Å². The number of esters is 6. The fourth-order valence-corrected chi connectivity index (χ4v) is 5.63. The number of carbonyl (C=O) groups excluding carboxylic acids is 6. The van der Waals surface area contributed by atoms with Crippen molar-refractivity contribution in [2.45, 2.75) is 102 Å². The molecule has 17 nitrogen and oxygen atoms in total. The van der Waals surface area contributed by atoms with E-state index in [1.807, 2.05) is 0 Å². The van der Waals surface area contributed by atoms with E-state index in [0.29, 0.717) is 0 Å². The Labute approximate surface area is 251 Å². The Morgan fingerprint density at radius 3 is 1.89 bits per heavy atom. The Kier molecular flexibility index (Phi) is 10.6. The predicted molar refractivity (Wildman–Crippen MR) is 137 cm³/mol. The highest BCUT2D eigenvalue weighted by molar-refractivity contribution is 5.91. The normalized spacial score (nSPS) is 36.0. The zero-order valence-electron chi connectivity index (χ0n) is 25.1. The zero-order chi connectivity index (χ0) is 33.1. The van der Waals surface area contributed by atoms with E-state index in [-0.39, 0.29) is 0 Å². The minimum absolute atomic E-state index is 0.415. The van der Waals surface area contributed by atoms with E-state index < -0.39 is 115 Å². The molecule has 3 aliphatic rings. The number of hydrogen-bond acceptors (Lipinski definition) is 17. The van der Waals surface area contributed by atoms with Gasteiger partial charge in [-0.15, -0.1) is 0 Å². The predicted octanol–water partition coefficient (Wildman–Crippen LogP) is -1.07. The number of aliphatic hydroxyl groups is 2. The van der Waals surface area contributed by atoms with Crippen LogP contribution in [-0.4, -0.2) is 114 Å². The first kappa shape index (κ1) is 34.7. The van der Waals surface area contributed by atoms with Gasteiger partial charge in [0, 0.05) is 41.0 Å². The first-order valence-corrected chi connectivity index (χ1v) is 13.4. The van der Waals surface area contributed by atoms with Crippen LogP contribution < -0.4 is 0 Å². The van der Waals surface area contributed by atoms with E-state index in [0.717, 1.165) is 48.0 Å². The fourth-order valence-electron chi connectivity index (χ4n) is 5.63. The van der Waals surface area contributed by atoms with Crippen molar-refractivity contribution in [2.75, 3.05) is 13.7 Å². The second-order valence-corrected chi connectivity index (χ2v) is 10.7. The smallest absolute Gasteiger partial charge is 0.339 e. The zero-order valence-corrected chi connectivity index (χ0v) is 25.1. The minimum atomic E-state index is -2.25. The van der Waals surface area contributed by atoms with E-state index in [1.165, 1.54) is 6.92 Å². The fraction of sp³-hybridized carbons (Fsp3) is 0.704. The lowest BCUT2D eigenvalue weighted by molar-refractivity contribution is -0.353. The molecule has 2 fully saturated rings. The average Bonchev–Trinajstić information content (AvgIpc) is 3.09. The maximum Gasteiger partial charge on any atom is 0.339 e. The maximum atomic E-state index is 12.6. The highest BCUT2D eigenvalue weighted by atomic mass is 16.8. The molecule has 2 N–H and O–H groups in total. The molecular weight excluding hydrogens is 596 g/mol. The Balaban J connectivity index is 2.10. The van der Waals surface area contributed by atoms with Crippen LogP contribution in [0.25, 0.3) is 0 Å². The molecule has 0 bridgehead atoms. The third-order valence-corrected chi connectivity index (χ3v) is 7.28. The average molecular weight is 633 g/mol. The van der Waals surface area contributed by atoms with Gasteiger partial charge in [-0.25, -0.2) is 4.79 Å². The summed E-state index contributed by atoms with van der Waals surface area (Å²) in [7, 11) is 1.05. The molecule has 44 heavy (non-hydrogen) atoms. The van der Waals surface area contributed by atoms with Crippen molar-refractivity contribution >= 4 is 35.8 Å². The van der Waals surface area contributed by atoms with Crippen LogP contribution in [0.15, 0.2) is 11.8 Å². The van der Waals surface area contributed by atoms with Gasteiger partial charge in [0.1, 0.15) is 35.6 Å². The van der Waals surface area contributed by atoms with Gasteiger partial charge in [-0.05, 0) is 6.92 Å². The van der Waals surface area contributed by atoms with Crippen molar-refractivity contribution in [1.82, 2.24) is 0 Å². The molecular formula is C27H36O17. The van der Waals surface area contributed by atoms with Gasteiger partial charge in [0.05, 0.1) is 19.3 Å². The Morgan fingerprint density at radius 1 is 0.818 bits per heavy atom. The molecule has 10 atom stereocenters. The van der Waals surface area contributed by atoms with Gasteiger partial charge in [-0.1, -0.05) is 0 Å². The van der Waals surface area contributed by atoms with Crippen molar-refractivity contribution < 1.29 is 81.6 Å². The molecule has 17 heteroatoms. The summed E-state index contributed by atoms with van der Waals surface area (Å²) in [6, 6.07) is 0. The summed E-state index contributed by atoms with van der Waals surface area (Å²) >= 11 is 0. The molecule has 0 aromatic heterocycles. The second-order valence-electron chi connectivity index (χ2n) is 10.7. The topological polar surface area (TPSA) is 226 Å². The highest BCUT2D eigenvalue weighted by Gasteiger charge is 2.69. The van der Waals surface area contributed by atoms with Crippen LogP contribution in [0.2, 0.25) is 0 Å². The SMILES string of the molecule is COC(=O)C1=CO[C@@H](O[C@@H]2O[C@H](COC(C)=O)[C@@H](OC(C)=O)[C@H](OC(C)=O)[C@H]2OC(C)=O)[C@@H]2[C@@](C)(O)[C@@H](OC(C)=O)C[C@]12O. The van der Waals surface area contributed by atoms with Gasteiger partial charge in [0.15, 0.2) is 18.3 Å². The molecule has 246 valence electrons. The molecule has 0 aromatic carbocycles. The van der Waals surface area contributed by atoms with E-state index in [1.54, 1.807) is 0 Å². The summed E-state index contributed by atoms with van der Waals surface area (Å²) in [6.45, 7) is 5.98. The standard InChI is InChI=1S/C27H36O17/c1-11(28)37-10-17-19(40-13(3)30)20(41-14(4)31)21(42-15(5)32)24(43-17)44-25-22-26(6,34)18(39-12(2)29)8-27(22,35)16(9-38-25)23(33)36-7/h9,17-22,24-25,34-35H,8,10H2,1-7H3/t17-,18+,19-,20+,21-,22-,24+,25+,26+,27+/m1/s1. The number of hydrogen-bond donors (Lipinski definition) is 2. The molecule has 1 saturated carbocycles. The molecule has 3 rings (SSSR count). The van der Waals surface area contributed by atoms with E-state index in [4.69, 9.17) is 42.6 Å². The molecule has 2 aliphatic heterocycles. The minimum Gasteiger partial charge on any atom is -0.471 e. The summed E-state index contributed by atoms with van der Waals surface area (Å²) in [5.74, 6) is -6.75. The quantitative estimate of drug-likeness (QED) is 0.228. The lowest BCUT2D eigenvalue weighted by atomic mass is 9.77. The monoisotopic (exact) mass is 632 g/mol. The third-order valence-electron chi connectivity index (χ3n) is 7.28. The van der Waals surface area contributed by atoms with Gasteiger partial charge >= 0.3 is 35.8 Å². The second kappa shape index (κ2) is 13.5. The van der Waals surface area contributed by atoms with Gasteiger partial charge in [0.25, 0.3) is 0 Å². The Morgan fingerprint density at radius 2 is 1.36 bits per heavy atom. The summed E-state index contributed by atoms with van der Waals surface area (Å²) in [5, 5.41) is 23.4. The summed E-state index contributed by atoms with van der Waals surface area (Å²) < 4.78 is 48.7. The Bertz CT molecular complexity index is 1190. The van der Waals surface area contributed by atoms with Gasteiger partial charge in [-0.2, -0.15) is 0 Å². The van der Waals surface area contributed by atoms with Crippen molar-refractivity contribution in [1.29, 1.82) is 0 Å². The number of carbonyl (C=O) groups is 6. The lowest BCUT2D eigenvalue weighted by Crippen LogP contribution is -2.65. The van der Waals surface area contributed by atoms with Crippen molar-refractivity contribution in [2.24, 2.45) is 5.92 Å². The van der Waals surface area contributed by atoms with Crippen molar-refractivity contribution in [3.63, 3.8) is 0 Å². The van der Waals surface area contributed by atoms with Gasteiger partial charge in [-0.3, -0.25) is 24.0 Å². The largest absolute Gasteiger partial charge is 0.471 e. The van der Waals surface area contributed by atoms with E-state index in [9.17, 15) is 39.0 Å². The van der Waals surface area contributed by atoms with Crippen molar-refractivity contribution in [3.8, 4) is 0 Å².